The van der Waals surface area contributed by atoms with E-state index in [2.05, 4.69) is 4.98 Å². The molecule has 0 aliphatic rings. The number of allylic oxidation sites excluding steroid dienone is 1. The maximum atomic E-state index is 12.6. The molecule has 1 rings (SSSR count). The van der Waals surface area contributed by atoms with Gasteiger partial charge in [0.1, 0.15) is 11.5 Å². The van der Waals surface area contributed by atoms with E-state index in [-0.39, 0.29) is 22.4 Å². The van der Waals surface area contributed by atoms with Crippen molar-refractivity contribution in [3.05, 3.63) is 28.2 Å². The molecule has 11 heteroatoms. The monoisotopic (exact) mass is 358 g/mol. The summed E-state index contributed by atoms with van der Waals surface area (Å²) in [5.74, 6) is -2.59. The highest BCUT2D eigenvalue weighted by Gasteiger charge is 2.21. The summed E-state index contributed by atoms with van der Waals surface area (Å²) in [6.07, 6.45) is -1.16. The highest BCUT2D eigenvalue weighted by atomic mass is 32.2. The molecule has 0 saturated carbocycles. The van der Waals surface area contributed by atoms with Crippen molar-refractivity contribution in [3.8, 4) is 0 Å². The number of thiazole rings is 1. The summed E-state index contributed by atoms with van der Waals surface area (Å²) in [6.45, 7) is 0.257. The Kier molecular flexibility index (Phi) is 6.97. The minimum Gasteiger partial charge on any atom is -0.624 e. The molecule has 1 aromatic heterocycles. The quantitative estimate of drug-likeness (QED) is 0.307. The summed E-state index contributed by atoms with van der Waals surface area (Å²) in [7, 11) is -2.56. The molecule has 0 spiro atoms. The number of ether oxygens (including phenoxy) is 1. The Labute approximate surface area is 129 Å². The predicted molar refractivity (Wildman–Crippen MR) is 74.7 cm³/mol. The number of rotatable bonds is 8. The second-order valence-corrected chi connectivity index (χ2v) is 7.37. The number of hydrogen-bond acceptors (Lipinski definition) is 6. The number of sulfone groups is 1. The third-order valence-corrected chi connectivity index (χ3v) is 5.47. The van der Waals surface area contributed by atoms with Gasteiger partial charge >= 0.3 is 6.08 Å². The molecule has 0 aliphatic heterocycles. The van der Waals surface area contributed by atoms with Crippen molar-refractivity contribution in [3.63, 3.8) is 0 Å². The van der Waals surface area contributed by atoms with Crippen molar-refractivity contribution < 1.29 is 31.1 Å². The van der Waals surface area contributed by atoms with Crippen LogP contribution in [0, 0.1) is 5.21 Å². The van der Waals surface area contributed by atoms with Crippen molar-refractivity contribution in [2.24, 2.45) is 0 Å². The maximum absolute atomic E-state index is 12.6. The summed E-state index contributed by atoms with van der Waals surface area (Å²) in [5, 5.41) is 11.4. The number of halogens is 3. The molecule has 124 valence electrons. The fourth-order valence-electron chi connectivity index (χ4n) is 1.27. The molecule has 22 heavy (non-hydrogen) atoms. The molecule has 0 aromatic carbocycles. The predicted octanol–water partition coefficient (Wildman–Crippen LogP) is 1.96. The van der Waals surface area contributed by atoms with E-state index in [1.54, 1.807) is 0 Å². The minimum absolute atomic E-state index is 0.0578. The van der Waals surface area contributed by atoms with Crippen LogP contribution in [0.4, 0.5) is 13.2 Å². The Morgan fingerprint density at radius 3 is 2.77 bits per heavy atom. The molecule has 0 bridgehead atoms. The highest BCUT2D eigenvalue weighted by Crippen LogP contribution is 2.21. The highest BCUT2D eigenvalue weighted by molar-refractivity contribution is 7.93. The number of aromatic nitrogens is 1. The molecule has 0 saturated heterocycles. The van der Waals surface area contributed by atoms with Crippen molar-refractivity contribution >= 4 is 27.4 Å². The van der Waals surface area contributed by atoms with Crippen LogP contribution in [-0.4, -0.2) is 50.4 Å². The van der Waals surface area contributed by atoms with Gasteiger partial charge in [0.05, 0.1) is 11.9 Å². The van der Waals surface area contributed by atoms with Crippen LogP contribution in [0.1, 0.15) is 11.3 Å². The van der Waals surface area contributed by atoms with Crippen LogP contribution in [0.5, 0.6) is 0 Å². The lowest BCUT2D eigenvalue weighted by Crippen LogP contribution is -2.11. The van der Waals surface area contributed by atoms with Crippen LogP contribution in [0.25, 0.3) is 0 Å². The summed E-state index contributed by atoms with van der Waals surface area (Å²) in [6, 6.07) is 0. The Bertz CT molecular complexity index is 667. The third kappa shape index (κ3) is 5.73. The van der Waals surface area contributed by atoms with Gasteiger partial charge in [-0.1, -0.05) is 11.3 Å². The number of hydroxylamine groups is 1. The summed E-state index contributed by atoms with van der Waals surface area (Å²) in [5.41, 5.74) is 0. The molecule has 0 radical (unpaired) electrons. The van der Waals surface area contributed by atoms with Gasteiger partial charge in [0.2, 0.25) is 14.2 Å². The van der Waals surface area contributed by atoms with Crippen LogP contribution < -0.4 is 0 Å². The lowest BCUT2D eigenvalue weighted by atomic mass is 10.4. The van der Waals surface area contributed by atoms with E-state index < -0.39 is 33.9 Å². The molecule has 1 aromatic rings. The fraction of sp³-hybridized carbons (Fsp3) is 0.455. The third-order valence-electron chi connectivity index (χ3n) is 2.35. The van der Waals surface area contributed by atoms with Crippen LogP contribution in [-0.2, 0) is 14.6 Å². The molecule has 0 unspecified atom stereocenters. The van der Waals surface area contributed by atoms with E-state index in [4.69, 9.17) is 4.74 Å². The van der Waals surface area contributed by atoms with E-state index in [9.17, 15) is 26.8 Å². The lowest BCUT2D eigenvalue weighted by molar-refractivity contribution is -0.455. The zero-order valence-corrected chi connectivity index (χ0v) is 13.1. The van der Waals surface area contributed by atoms with Crippen LogP contribution >= 0.6 is 11.3 Å². The SMILES string of the molecule is COCC/[N+]([O-])=C/c1cnc(S(=O)(=O)CCC(F)=C(F)F)s1. The smallest absolute Gasteiger partial charge is 0.301 e. The maximum Gasteiger partial charge on any atom is 0.301 e. The fourth-order valence-corrected chi connectivity index (χ4v) is 3.73. The minimum atomic E-state index is -3.99. The largest absolute Gasteiger partial charge is 0.624 e. The summed E-state index contributed by atoms with van der Waals surface area (Å²) >= 11 is 0.699. The van der Waals surface area contributed by atoms with Gasteiger partial charge in [-0.2, -0.15) is 8.78 Å². The second-order valence-electron chi connectivity index (χ2n) is 4.03. The molecule has 0 aliphatic carbocycles. The van der Waals surface area contributed by atoms with Crippen LogP contribution in [0.2, 0.25) is 0 Å². The van der Waals surface area contributed by atoms with E-state index in [0.29, 0.717) is 16.1 Å². The number of hydrogen-bond donors (Lipinski definition) is 0. The zero-order chi connectivity index (χ0) is 16.8. The van der Waals surface area contributed by atoms with E-state index in [1.807, 2.05) is 0 Å². The molecule has 1 heterocycles. The van der Waals surface area contributed by atoms with Gasteiger partial charge in [-0.25, -0.2) is 22.5 Å². The molecule has 0 N–H and O–H groups in total. The average Bonchev–Trinajstić information content (AvgIpc) is 2.91. The summed E-state index contributed by atoms with van der Waals surface area (Å²) in [4.78, 5) is 3.90. The Morgan fingerprint density at radius 1 is 1.50 bits per heavy atom. The van der Waals surface area contributed by atoms with Gasteiger partial charge in [-0.15, -0.1) is 0 Å². The van der Waals surface area contributed by atoms with Gasteiger partial charge in [0.25, 0.3) is 0 Å². The van der Waals surface area contributed by atoms with Crippen molar-refractivity contribution in [2.45, 2.75) is 10.8 Å². The second kappa shape index (κ2) is 8.25. The first kappa shape index (κ1) is 18.6. The Balaban J connectivity index is 2.80. The first-order valence-electron chi connectivity index (χ1n) is 5.92. The van der Waals surface area contributed by atoms with Crippen LogP contribution in [0.15, 0.2) is 22.4 Å². The first-order chi connectivity index (χ1) is 10.3. The molecule has 0 amide bonds. The van der Waals surface area contributed by atoms with Gasteiger partial charge in [-0.3, -0.25) is 0 Å². The number of methoxy groups -OCH3 is 1. The van der Waals surface area contributed by atoms with E-state index in [1.165, 1.54) is 7.11 Å². The standard InChI is InChI=1S/C11H13F3N2O4S2/c1-20-4-3-16(17)7-8-6-15-11(21-8)22(18,19)5-2-9(12)10(13)14/h6-7H,2-5H2,1H3/b16-7-. The van der Waals surface area contributed by atoms with E-state index in [0.717, 1.165) is 12.4 Å². The topological polar surface area (TPSA) is 82.3 Å². The van der Waals surface area contributed by atoms with Crippen LogP contribution in [0.3, 0.4) is 0 Å². The molecule has 6 nitrogen and oxygen atoms in total. The zero-order valence-electron chi connectivity index (χ0n) is 11.5. The van der Waals surface area contributed by atoms with Crippen molar-refractivity contribution in [2.75, 3.05) is 26.0 Å². The van der Waals surface area contributed by atoms with Gasteiger partial charge in [0.15, 0.2) is 18.6 Å². The normalized spacial score (nSPS) is 12.5. The van der Waals surface area contributed by atoms with Crippen molar-refractivity contribution in [1.82, 2.24) is 4.98 Å². The van der Waals surface area contributed by atoms with Crippen molar-refractivity contribution in [1.29, 1.82) is 0 Å². The lowest BCUT2D eigenvalue weighted by Gasteiger charge is -2.01. The molecule has 0 fully saturated rings. The van der Waals surface area contributed by atoms with Gasteiger partial charge < -0.3 is 9.94 Å². The number of nitrogens with zero attached hydrogens (tertiary/aromatic N) is 2. The molecule has 0 atom stereocenters. The van der Waals surface area contributed by atoms with Gasteiger partial charge in [0, 0.05) is 13.5 Å². The Hall–Kier alpha value is -1.46. The Morgan fingerprint density at radius 2 is 2.18 bits per heavy atom. The molecular weight excluding hydrogens is 345 g/mol. The van der Waals surface area contributed by atoms with Gasteiger partial charge in [-0.05, 0) is 0 Å². The van der Waals surface area contributed by atoms with E-state index >= 15 is 0 Å². The molecular formula is C11H13F3N2O4S2. The first-order valence-corrected chi connectivity index (χ1v) is 8.39. The average molecular weight is 358 g/mol. The summed E-state index contributed by atoms with van der Waals surface area (Å²) < 4.78 is 65.0.